The Morgan fingerprint density at radius 1 is 1.35 bits per heavy atom. The summed E-state index contributed by atoms with van der Waals surface area (Å²) in [5.74, 6) is 1.83. The monoisotopic (exact) mass is 233 g/mol. The van der Waals surface area contributed by atoms with Gasteiger partial charge in [0.25, 0.3) is 0 Å². The number of hydrogen-bond acceptors (Lipinski definition) is 3. The standard InChI is InChI=1S/C14H23N3/c1-3-4-6-12-7-5-8-13(12)17-14-9-11(2)15-10-16-14/h9-10,12-13H,3-8H2,1-2H3,(H,15,16,17)/t12-,13-/m0/s1. The van der Waals surface area contributed by atoms with Crippen molar-refractivity contribution < 1.29 is 0 Å². The molecule has 2 atom stereocenters. The molecule has 0 radical (unpaired) electrons. The number of unbranched alkanes of at least 4 members (excludes halogenated alkanes) is 1. The molecule has 0 aromatic carbocycles. The summed E-state index contributed by atoms with van der Waals surface area (Å²) >= 11 is 0. The highest BCUT2D eigenvalue weighted by atomic mass is 15.0. The van der Waals surface area contributed by atoms with Crippen molar-refractivity contribution in [2.24, 2.45) is 5.92 Å². The first-order chi connectivity index (χ1) is 8.29. The maximum Gasteiger partial charge on any atom is 0.129 e. The lowest BCUT2D eigenvalue weighted by molar-refractivity contribution is 0.448. The van der Waals surface area contributed by atoms with Crippen LogP contribution in [0.5, 0.6) is 0 Å². The molecule has 94 valence electrons. The van der Waals surface area contributed by atoms with Gasteiger partial charge in [0.1, 0.15) is 12.1 Å². The smallest absolute Gasteiger partial charge is 0.129 e. The number of rotatable bonds is 5. The zero-order valence-corrected chi connectivity index (χ0v) is 10.9. The van der Waals surface area contributed by atoms with Gasteiger partial charge in [-0.2, -0.15) is 0 Å². The maximum atomic E-state index is 4.30. The van der Waals surface area contributed by atoms with E-state index in [1.807, 2.05) is 13.0 Å². The van der Waals surface area contributed by atoms with E-state index in [9.17, 15) is 0 Å². The van der Waals surface area contributed by atoms with E-state index in [1.165, 1.54) is 38.5 Å². The Balaban J connectivity index is 1.93. The van der Waals surface area contributed by atoms with Gasteiger partial charge < -0.3 is 5.32 Å². The van der Waals surface area contributed by atoms with Crippen molar-refractivity contribution in [2.75, 3.05) is 5.32 Å². The van der Waals surface area contributed by atoms with Gasteiger partial charge in [-0.1, -0.05) is 26.2 Å². The molecular weight excluding hydrogens is 210 g/mol. The van der Waals surface area contributed by atoms with Gasteiger partial charge in [0.15, 0.2) is 0 Å². The molecule has 0 aliphatic heterocycles. The molecule has 17 heavy (non-hydrogen) atoms. The lowest BCUT2D eigenvalue weighted by atomic mass is 9.97. The van der Waals surface area contributed by atoms with Crippen LogP contribution in [0.25, 0.3) is 0 Å². The van der Waals surface area contributed by atoms with Crippen LogP contribution in [-0.2, 0) is 0 Å². The van der Waals surface area contributed by atoms with Gasteiger partial charge in [-0.3, -0.25) is 0 Å². The molecule has 1 heterocycles. The summed E-state index contributed by atoms with van der Waals surface area (Å²) in [6.07, 6.45) is 9.68. The topological polar surface area (TPSA) is 37.8 Å². The van der Waals surface area contributed by atoms with Gasteiger partial charge in [0, 0.05) is 17.8 Å². The fourth-order valence-electron chi connectivity index (χ4n) is 2.76. The van der Waals surface area contributed by atoms with Gasteiger partial charge in [-0.25, -0.2) is 9.97 Å². The van der Waals surface area contributed by atoms with E-state index in [4.69, 9.17) is 0 Å². The molecule has 0 unspecified atom stereocenters. The van der Waals surface area contributed by atoms with E-state index in [-0.39, 0.29) is 0 Å². The van der Waals surface area contributed by atoms with Crippen LogP contribution in [-0.4, -0.2) is 16.0 Å². The molecule has 0 amide bonds. The SMILES string of the molecule is CCCC[C@H]1CCC[C@@H]1Nc1cc(C)ncn1. The molecular formula is C14H23N3. The number of nitrogens with one attached hydrogen (secondary N) is 1. The summed E-state index contributed by atoms with van der Waals surface area (Å²) in [5, 5.41) is 3.59. The molecule has 1 aromatic rings. The Hall–Kier alpha value is -1.12. The molecule has 1 fully saturated rings. The fourth-order valence-corrected chi connectivity index (χ4v) is 2.76. The first-order valence-corrected chi connectivity index (χ1v) is 6.84. The third-order valence-corrected chi connectivity index (χ3v) is 3.72. The predicted octanol–water partition coefficient (Wildman–Crippen LogP) is 3.56. The van der Waals surface area contributed by atoms with Gasteiger partial charge in [0.05, 0.1) is 0 Å². The Kier molecular flexibility index (Phi) is 4.35. The van der Waals surface area contributed by atoms with Crippen LogP contribution in [0.15, 0.2) is 12.4 Å². The molecule has 3 heteroatoms. The van der Waals surface area contributed by atoms with Crippen molar-refractivity contribution in [2.45, 2.75) is 58.4 Å². The average molecular weight is 233 g/mol. The van der Waals surface area contributed by atoms with E-state index in [0.717, 1.165) is 17.4 Å². The van der Waals surface area contributed by atoms with Crippen molar-refractivity contribution >= 4 is 5.82 Å². The lowest BCUT2D eigenvalue weighted by Crippen LogP contribution is -2.24. The largest absolute Gasteiger partial charge is 0.367 e. The van der Waals surface area contributed by atoms with Crippen LogP contribution < -0.4 is 5.32 Å². The van der Waals surface area contributed by atoms with Gasteiger partial charge in [-0.15, -0.1) is 0 Å². The molecule has 0 spiro atoms. The molecule has 1 N–H and O–H groups in total. The molecule has 1 aliphatic rings. The quantitative estimate of drug-likeness (QED) is 0.845. The summed E-state index contributed by atoms with van der Waals surface area (Å²) in [6.45, 7) is 4.28. The Bertz CT molecular complexity index is 351. The second-order valence-electron chi connectivity index (χ2n) is 5.13. The van der Waals surface area contributed by atoms with Crippen LogP contribution in [0.3, 0.4) is 0 Å². The van der Waals surface area contributed by atoms with Crippen LogP contribution in [0.2, 0.25) is 0 Å². The number of anilines is 1. The number of aromatic nitrogens is 2. The van der Waals surface area contributed by atoms with E-state index in [1.54, 1.807) is 6.33 Å². The van der Waals surface area contributed by atoms with Crippen LogP contribution in [0.1, 0.15) is 51.1 Å². The first-order valence-electron chi connectivity index (χ1n) is 6.84. The maximum absolute atomic E-state index is 4.30. The minimum Gasteiger partial charge on any atom is -0.367 e. The van der Waals surface area contributed by atoms with Crippen molar-refractivity contribution in [3.63, 3.8) is 0 Å². The highest BCUT2D eigenvalue weighted by Crippen LogP contribution is 2.31. The summed E-state index contributed by atoms with van der Waals surface area (Å²) in [6, 6.07) is 2.66. The zero-order chi connectivity index (χ0) is 12.1. The van der Waals surface area contributed by atoms with E-state index in [2.05, 4.69) is 22.2 Å². The average Bonchev–Trinajstić information content (AvgIpc) is 2.74. The third-order valence-electron chi connectivity index (χ3n) is 3.72. The van der Waals surface area contributed by atoms with Crippen molar-refractivity contribution in [1.82, 2.24) is 9.97 Å². The van der Waals surface area contributed by atoms with E-state index < -0.39 is 0 Å². The second kappa shape index (κ2) is 5.99. The zero-order valence-electron chi connectivity index (χ0n) is 10.9. The van der Waals surface area contributed by atoms with Crippen LogP contribution in [0.4, 0.5) is 5.82 Å². The summed E-state index contributed by atoms with van der Waals surface area (Å²) in [5.41, 5.74) is 1.03. The second-order valence-corrected chi connectivity index (χ2v) is 5.13. The molecule has 1 aliphatic carbocycles. The number of nitrogens with zero attached hydrogens (tertiary/aromatic N) is 2. The van der Waals surface area contributed by atoms with Gasteiger partial charge in [0.2, 0.25) is 0 Å². The molecule has 1 aromatic heterocycles. The lowest BCUT2D eigenvalue weighted by Gasteiger charge is -2.21. The van der Waals surface area contributed by atoms with Crippen LogP contribution >= 0.6 is 0 Å². The number of aryl methyl sites for hydroxylation is 1. The number of hydrogen-bond donors (Lipinski definition) is 1. The summed E-state index contributed by atoms with van der Waals surface area (Å²) < 4.78 is 0. The van der Waals surface area contributed by atoms with E-state index >= 15 is 0 Å². The Labute approximate surface area is 104 Å². The Morgan fingerprint density at radius 2 is 2.24 bits per heavy atom. The molecule has 0 bridgehead atoms. The molecule has 1 saturated carbocycles. The molecule has 3 nitrogen and oxygen atoms in total. The Morgan fingerprint density at radius 3 is 3.00 bits per heavy atom. The van der Waals surface area contributed by atoms with Gasteiger partial charge >= 0.3 is 0 Å². The van der Waals surface area contributed by atoms with Crippen molar-refractivity contribution in [1.29, 1.82) is 0 Å². The fraction of sp³-hybridized carbons (Fsp3) is 0.714. The van der Waals surface area contributed by atoms with Gasteiger partial charge in [-0.05, 0) is 32.1 Å². The predicted molar refractivity (Wildman–Crippen MR) is 71.0 cm³/mol. The normalized spacial score (nSPS) is 23.9. The minimum absolute atomic E-state index is 0.621. The highest BCUT2D eigenvalue weighted by Gasteiger charge is 2.26. The van der Waals surface area contributed by atoms with Crippen LogP contribution in [0, 0.1) is 12.8 Å². The van der Waals surface area contributed by atoms with Crippen molar-refractivity contribution in [3.8, 4) is 0 Å². The molecule has 0 saturated heterocycles. The van der Waals surface area contributed by atoms with Crippen molar-refractivity contribution in [3.05, 3.63) is 18.1 Å². The first kappa shape index (κ1) is 12.3. The molecule has 2 rings (SSSR count). The summed E-state index contributed by atoms with van der Waals surface area (Å²) in [7, 11) is 0. The highest BCUT2D eigenvalue weighted by molar-refractivity contribution is 5.36. The minimum atomic E-state index is 0.621. The summed E-state index contributed by atoms with van der Waals surface area (Å²) in [4.78, 5) is 8.43. The third kappa shape index (κ3) is 3.42. The van der Waals surface area contributed by atoms with E-state index in [0.29, 0.717) is 6.04 Å².